The Morgan fingerprint density at radius 1 is 1.15 bits per heavy atom. The van der Waals surface area contributed by atoms with E-state index in [1.54, 1.807) is 30.3 Å². The van der Waals surface area contributed by atoms with Crippen molar-refractivity contribution in [1.29, 1.82) is 0 Å². The van der Waals surface area contributed by atoms with E-state index in [4.69, 9.17) is 0 Å². The molecule has 0 heterocycles. The highest BCUT2D eigenvalue weighted by molar-refractivity contribution is 5.94. The normalized spacial score (nSPS) is 11.9. The van der Waals surface area contributed by atoms with Crippen molar-refractivity contribution in [3.8, 4) is 0 Å². The number of amides is 1. The second-order valence-electron chi connectivity index (χ2n) is 4.26. The molecule has 1 amide bonds. The number of hydrogen-bond acceptors (Lipinski definition) is 2. The Labute approximate surface area is 114 Å². The van der Waals surface area contributed by atoms with E-state index >= 15 is 0 Å². The van der Waals surface area contributed by atoms with Crippen molar-refractivity contribution >= 4 is 5.91 Å². The number of nitrogens with one attached hydrogen (secondary N) is 1. The van der Waals surface area contributed by atoms with Crippen molar-refractivity contribution in [2.75, 3.05) is 6.54 Å². The molecule has 2 aromatic carbocycles. The predicted molar refractivity (Wildman–Crippen MR) is 70.1 cm³/mol. The van der Waals surface area contributed by atoms with Crippen LogP contribution in [-0.2, 0) is 0 Å². The zero-order valence-corrected chi connectivity index (χ0v) is 10.5. The fraction of sp³-hybridized carbons (Fsp3) is 0.133. The molecule has 0 radical (unpaired) electrons. The lowest BCUT2D eigenvalue weighted by atomic mass is 10.1. The predicted octanol–water partition coefficient (Wildman–Crippen LogP) is 2.43. The van der Waals surface area contributed by atoms with Crippen LogP contribution in [0.4, 0.5) is 8.78 Å². The van der Waals surface area contributed by atoms with Gasteiger partial charge in [0, 0.05) is 23.7 Å². The summed E-state index contributed by atoms with van der Waals surface area (Å²) in [6, 6.07) is 11.4. The molecule has 0 bridgehead atoms. The van der Waals surface area contributed by atoms with Crippen LogP contribution in [0, 0.1) is 11.6 Å². The minimum atomic E-state index is -1.23. The summed E-state index contributed by atoms with van der Waals surface area (Å²) in [5.74, 6) is -1.93. The number of aliphatic hydroxyl groups is 1. The monoisotopic (exact) mass is 277 g/mol. The lowest BCUT2D eigenvalue weighted by Crippen LogP contribution is -2.28. The second-order valence-corrected chi connectivity index (χ2v) is 4.26. The van der Waals surface area contributed by atoms with Crippen molar-refractivity contribution in [2.24, 2.45) is 0 Å². The Bertz CT molecular complexity index is 602. The van der Waals surface area contributed by atoms with E-state index in [1.165, 1.54) is 0 Å². The molecule has 0 unspecified atom stereocenters. The van der Waals surface area contributed by atoms with Gasteiger partial charge >= 0.3 is 0 Å². The molecule has 0 aliphatic heterocycles. The lowest BCUT2D eigenvalue weighted by Gasteiger charge is -2.13. The average Bonchev–Trinajstić information content (AvgIpc) is 2.45. The van der Waals surface area contributed by atoms with E-state index in [9.17, 15) is 18.7 Å². The first-order chi connectivity index (χ1) is 9.58. The number of carbonyl (C=O) groups excluding carboxylic acids is 1. The van der Waals surface area contributed by atoms with E-state index in [-0.39, 0.29) is 18.0 Å². The van der Waals surface area contributed by atoms with Crippen LogP contribution >= 0.6 is 0 Å². The first-order valence-electron chi connectivity index (χ1n) is 6.04. The lowest BCUT2D eigenvalue weighted by molar-refractivity contribution is 0.0914. The number of benzene rings is 2. The van der Waals surface area contributed by atoms with Crippen molar-refractivity contribution in [1.82, 2.24) is 5.32 Å². The highest BCUT2D eigenvalue weighted by Crippen LogP contribution is 2.17. The molecule has 5 heteroatoms. The van der Waals surface area contributed by atoms with Gasteiger partial charge in [-0.25, -0.2) is 8.78 Å². The topological polar surface area (TPSA) is 49.3 Å². The van der Waals surface area contributed by atoms with Gasteiger partial charge in [0.15, 0.2) is 0 Å². The third-order valence-electron chi connectivity index (χ3n) is 2.81. The second kappa shape index (κ2) is 6.25. The zero-order chi connectivity index (χ0) is 14.5. The maximum atomic E-state index is 13.4. The average molecular weight is 277 g/mol. The first-order valence-corrected chi connectivity index (χ1v) is 6.04. The van der Waals surface area contributed by atoms with Gasteiger partial charge < -0.3 is 10.4 Å². The van der Waals surface area contributed by atoms with E-state index in [0.717, 1.165) is 12.1 Å². The molecule has 3 nitrogen and oxygen atoms in total. The Hall–Kier alpha value is -2.27. The maximum Gasteiger partial charge on any atom is 0.251 e. The number of rotatable bonds is 4. The molecule has 20 heavy (non-hydrogen) atoms. The highest BCUT2D eigenvalue weighted by Gasteiger charge is 2.15. The van der Waals surface area contributed by atoms with E-state index < -0.39 is 17.7 Å². The summed E-state index contributed by atoms with van der Waals surface area (Å²) in [5, 5.41) is 12.3. The van der Waals surface area contributed by atoms with Crippen LogP contribution < -0.4 is 5.32 Å². The quantitative estimate of drug-likeness (QED) is 0.901. The summed E-state index contributed by atoms with van der Waals surface area (Å²) in [7, 11) is 0. The SMILES string of the molecule is O=C(NC[C@@H](O)c1ccc(F)cc1F)c1ccccc1. The first kappa shape index (κ1) is 14.1. The van der Waals surface area contributed by atoms with Crippen LogP contribution in [0.1, 0.15) is 22.0 Å². The van der Waals surface area contributed by atoms with Crippen LogP contribution in [0.15, 0.2) is 48.5 Å². The molecule has 0 aromatic heterocycles. The Morgan fingerprint density at radius 2 is 1.85 bits per heavy atom. The van der Waals surface area contributed by atoms with Gasteiger partial charge in [-0.1, -0.05) is 24.3 Å². The third-order valence-corrected chi connectivity index (χ3v) is 2.81. The summed E-state index contributed by atoms with van der Waals surface area (Å²) < 4.78 is 26.2. The van der Waals surface area contributed by atoms with Gasteiger partial charge in [-0.2, -0.15) is 0 Å². The smallest absolute Gasteiger partial charge is 0.251 e. The molecular formula is C15H13F2NO2. The zero-order valence-electron chi connectivity index (χ0n) is 10.5. The largest absolute Gasteiger partial charge is 0.386 e. The number of hydrogen-bond donors (Lipinski definition) is 2. The van der Waals surface area contributed by atoms with Crippen LogP contribution in [0.3, 0.4) is 0 Å². The van der Waals surface area contributed by atoms with Gasteiger partial charge in [0.05, 0.1) is 6.10 Å². The minimum absolute atomic E-state index is 0.0558. The van der Waals surface area contributed by atoms with Gasteiger partial charge in [0.25, 0.3) is 5.91 Å². The van der Waals surface area contributed by atoms with Crippen molar-refractivity contribution in [2.45, 2.75) is 6.10 Å². The van der Waals surface area contributed by atoms with Gasteiger partial charge in [-0.15, -0.1) is 0 Å². The summed E-state index contributed by atoms with van der Waals surface area (Å²) in [4.78, 5) is 11.7. The molecule has 1 atom stereocenters. The summed E-state index contributed by atoms with van der Waals surface area (Å²) in [6.45, 7) is -0.156. The number of carbonyl (C=O) groups is 1. The van der Waals surface area contributed by atoms with Gasteiger partial charge in [0.2, 0.25) is 0 Å². The Morgan fingerprint density at radius 3 is 2.50 bits per heavy atom. The molecule has 0 aliphatic rings. The molecule has 0 aliphatic carbocycles. The molecule has 2 N–H and O–H groups in total. The van der Waals surface area contributed by atoms with E-state index in [1.807, 2.05) is 0 Å². The van der Waals surface area contributed by atoms with Gasteiger partial charge in [-0.3, -0.25) is 4.79 Å². The van der Waals surface area contributed by atoms with Gasteiger partial charge in [0.1, 0.15) is 11.6 Å². The van der Waals surface area contributed by atoms with E-state index in [0.29, 0.717) is 11.6 Å². The van der Waals surface area contributed by atoms with Crippen molar-refractivity contribution in [3.63, 3.8) is 0 Å². The minimum Gasteiger partial charge on any atom is -0.386 e. The fourth-order valence-corrected chi connectivity index (χ4v) is 1.76. The van der Waals surface area contributed by atoms with Crippen LogP contribution in [0.5, 0.6) is 0 Å². The summed E-state index contributed by atoms with van der Waals surface area (Å²) in [5.41, 5.74) is 0.388. The molecular weight excluding hydrogens is 264 g/mol. The van der Waals surface area contributed by atoms with E-state index in [2.05, 4.69) is 5.32 Å². The van der Waals surface area contributed by atoms with Crippen molar-refractivity contribution < 1.29 is 18.7 Å². The Kier molecular flexibility index (Phi) is 4.42. The fourth-order valence-electron chi connectivity index (χ4n) is 1.76. The summed E-state index contributed by atoms with van der Waals surface area (Å²) >= 11 is 0. The summed E-state index contributed by atoms with van der Waals surface area (Å²) in [6.07, 6.45) is -1.23. The molecule has 0 spiro atoms. The van der Waals surface area contributed by atoms with Crippen LogP contribution in [-0.4, -0.2) is 17.6 Å². The Balaban J connectivity index is 1.98. The van der Waals surface area contributed by atoms with Crippen LogP contribution in [0.25, 0.3) is 0 Å². The number of aliphatic hydroxyl groups excluding tert-OH is 1. The maximum absolute atomic E-state index is 13.4. The standard InChI is InChI=1S/C15H13F2NO2/c16-11-6-7-12(13(17)8-11)14(19)9-18-15(20)10-4-2-1-3-5-10/h1-8,14,19H,9H2,(H,18,20)/t14-/m1/s1. The highest BCUT2D eigenvalue weighted by atomic mass is 19.1. The molecule has 0 saturated heterocycles. The van der Waals surface area contributed by atoms with Crippen LogP contribution in [0.2, 0.25) is 0 Å². The third kappa shape index (κ3) is 3.39. The molecule has 2 aromatic rings. The number of halogens is 2. The van der Waals surface area contributed by atoms with Gasteiger partial charge in [-0.05, 0) is 18.2 Å². The molecule has 0 fully saturated rings. The molecule has 2 rings (SSSR count). The van der Waals surface area contributed by atoms with Crippen molar-refractivity contribution in [3.05, 3.63) is 71.3 Å². The molecule has 104 valence electrons. The molecule has 0 saturated carbocycles.